The van der Waals surface area contributed by atoms with E-state index in [0.29, 0.717) is 16.3 Å². The molecule has 0 aliphatic heterocycles. The maximum atomic E-state index is 12.6. The smallest absolute Gasteiger partial charge is 0.262 e. The maximum Gasteiger partial charge on any atom is 0.262 e. The second kappa shape index (κ2) is 11.8. The van der Waals surface area contributed by atoms with Crippen molar-refractivity contribution >= 4 is 57.2 Å². The first-order valence-corrected chi connectivity index (χ1v) is 10.7. The van der Waals surface area contributed by atoms with Gasteiger partial charge in [0.1, 0.15) is 18.4 Å². The first kappa shape index (κ1) is 24.7. The van der Waals surface area contributed by atoms with Gasteiger partial charge in [-0.25, -0.2) is 5.43 Å². The van der Waals surface area contributed by atoms with E-state index in [1.54, 1.807) is 38.1 Å². The molecule has 9 heteroatoms. The molecular weight excluding hydrogens is 505 g/mol. The van der Waals surface area contributed by atoms with Crippen LogP contribution in [0.5, 0.6) is 5.75 Å². The second-order valence-electron chi connectivity index (χ2n) is 6.73. The Morgan fingerprint density at radius 1 is 1.26 bits per heavy atom. The van der Waals surface area contributed by atoms with Gasteiger partial charge in [0.15, 0.2) is 0 Å². The third kappa shape index (κ3) is 7.28. The molecule has 0 fully saturated rings. The van der Waals surface area contributed by atoms with Crippen molar-refractivity contribution in [1.82, 2.24) is 10.7 Å². The zero-order valence-electron chi connectivity index (χ0n) is 16.8. The van der Waals surface area contributed by atoms with E-state index in [2.05, 4.69) is 37.7 Å². The van der Waals surface area contributed by atoms with Gasteiger partial charge in [-0.2, -0.15) is 5.10 Å². The van der Waals surface area contributed by atoms with E-state index in [-0.39, 0.29) is 23.1 Å². The van der Waals surface area contributed by atoms with Crippen LogP contribution in [0, 0.1) is 18.3 Å². The van der Waals surface area contributed by atoms with Crippen molar-refractivity contribution < 1.29 is 14.3 Å². The van der Waals surface area contributed by atoms with Gasteiger partial charge >= 0.3 is 0 Å². The zero-order chi connectivity index (χ0) is 23.0. The molecule has 162 valence electrons. The minimum Gasteiger partial charge on any atom is -0.480 e. The normalized spacial score (nSPS) is 11.8. The van der Waals surface area contributed by atoms with E-state index < -0.39 is 17.9 Å². The number of hydrogen-bond acceptors (Lipinski definition) is 4. The number of terminal acetylenes is 1. The average molecular weight is 525 g/mol. The fourth-order valence-corrected chi connectivity index (χ4v) is 3.41. The topological polar surface area (TPSA) is 79.8 Å². The summed E-state index contributed by atoms with van der Waals surface area (Å²) < 4.78 is 6.27. The molecule has 2 amide bonds. The average Bonchev–Trinajstić information content (AvgIpc) is 2.70. The molecule has 2 aromatic carbocycles. The lowest BCUT2D eigenvalue weighted by molar-refractivity contribution is -0.123. The summed E-state index contributed by atoms with van der Waals surface area (Å²) in [6, 6.07) is 8.98. The number of halogens is 3. The number of carbonyl (C=O) groups is 2. The summed E-state index contributed by atoms with van der Waals surface area (Å²) >= 11 is 15.3. The van der Waals surface area contributed by atoms with Crippen molar-refractivity contribution in [3.8, 4) is 18.1 Å². The molecule has 2 rings (SSSR count). The molecule has 31 heavy (non-hydrogen) atoms. The van der Waals surface area contributed by atoms with Crippen LogP contribution in [0.4, 0.5) is 0 Å². The third-order valence-corrected chi connectivity index (χ3v) is 5.11. The highest BCUT2D eigenvalue weighted by atomic mass is 79.9. The Labute approximate surface area is 199 Å². The number of ether oxygens (including phenoxy) is 1. The van der Waals surface area contributed by atoms with Crippen molar-refractivity contribution in [3.05, 3.63) is 62.0 Å². The van der Waals surface area contributed by atoms with Gasteiger partial charge in [-0.15, -0.1) is 6.42 Å². The third-order valence-electron chi connectivity index (χ3n) is 4.07. The lowest BCUT2D eigenvalue weighted by Gasteiger charge is -2.20. The number of nitrogens with one attached hydrogen (secondary N) is 2. The summed E-state index contributed by atoms with van der Waals surface area (Å²) in [5, 5.41) is 7.28. The molecule has 0 radical (unpaired) electrons. The molecule has 0 saturated carbocycles. The van der Waals surface area contributed by atoms with E-state index in [1.165, 1.54) is 18.3 Å². The monoisotopic (exact) mass is 523 g/mol. The first-order chi connectivity index (χ1) is 14.7. The van der Waals surface area contributed by atoms with Gasteiger partial charge in [0.05, 0.1) is 16.8 Å². The molecular formula is C22H20BrCl2N3O3. The summed E-state index contributed by atoms with van der Waals surface area (Å²) in [6.07, 6.45) is 6.67. The molecule has 1 atom stereocenters. The molecule has 0 aliphatic rings. The van der Waals surface area contributed by atoms with Crippen molar-refractivity contribution in [2.45, 2.75) is 19.9 Å². The highest BCUT2D eigenvalue weighted by molar-refractivity contribution is 9.10. The first-order valence-electron chi connectivity index (χ1n) is 9.17. The van der Waals surface area contributed by atoms with Crippen LogP contribution < -0.4 is 15.5 Å². The van der Waals surface area contributed by atoms with Crippen LogP contribution in [0.25, 0.3) is 0 Å². The highest BCUT2D eigenvalue weighted by Crippen LogP contribution is 2.22. The lowest BCUT2D eigenvalue weighted by Crippen LogP contribution is -2.48. The van der Waals surface area contributed by atoms with Crippen molar-refractivity contribution in [2.75, 3.05) is 6.61 Å². The molecule has 1 unspecified atom stereocenters. The van der Waals surface area contributed by atoms with E-state index in [0.717, 1.165) is 4.47 Å². The highest BCUT2D eigenvalue weighted by Gasteiger charge is 2.25. The SMILES string of the molecule is C#CCOc1ccc(Br)cc1C=NNC(=O)C(NC(=O)c1ccc(Cl)cc1Cl)C(C)C. The Hall–Kier alpha value is -2.53. The largest absolute Gasteiger partial charge is 0.480 e. The Morgan fingerprint density at radius 3 is 2.65 bits per heavy atom. The predicted molar refractivity (Wildman–Crippen MR) is 127 cm³/mol. The molecule has 0 bridgehead atoms. The number of hydrazone groups is 1. The summed E-state index contributed by atoms with van der Waals surface area (Å²) in [5.74, 6) is 1.74. The minimum absolute atomic E-state index is 0.101. The number of benzene rings is 2. The Balaban J connectivity index is 2.10. The van der Waals surface area contributed by atoms with E-state index in [4.69, 9.17) is 34.4 Å². The van der Waals surface area contributed by atoms with Gasteiger partial charge in [0.25, 0.3) is 11.8 Å². The predicted octanol–water partition coefficient (Wildman–Crippen LogP) is 4.67. The fourth-order valence-electron chi connectivity index (χ4n) is 2.53. The van der Waals surface area contributed by atoms with Crippen molar-refractivity contribution in [3.63, 3.8) is 0 Å². The van der Waals surface area contributed by atoms with Gasteiger partial charge in [0, 0.05) is 15.1 Å². The van der Waals surface area contributed by atoms with Crippen LogP contribution in [-0.2, 0) is 4.79 Å². The number of amides is 2. The van der Waals surface area contributed by atoms with Crippen molar-refractivity contribution in [1.29, 1.82) is 0 Å². The maximum absolute atomic E-state index is 12.6. The number of nitrogens with zero attached hydrogens (tertiary/aromatic N) is 1. The number of hydrogen-bond donors (Lipinski definition) is 2. The zero-order valence-corrected chi connectivity index (χ0v) is 19.9. The Morgan fingerprint density at radius 2 is 2.00 bits per heavy atom. The molecule has 0 heterocycles. The molecule has 6 nitrogen and oxygen atoms in total. The molecule has 0 spiro atoms. The molecule has 0 aromatic heterocycles. The van der Waals surface area contributed by atoms with Gasteiger partial charge in [-0.1, -0.05) is 58.9 Å². The van der Waals surface area contributed by atoms with E-state index >= 15 is 0 Å². The Kier molecular flexibility index (Phi) is 9.38. The lowest BCUT2D eigenvalue weighted by atomic mass is 10.0. The summed E-state index contributed by atoms with van der Waals surface area (Å²) in [6.45, 7) is 3.71. The Bertz CT molecular complexity index is 1040. The summed E-state index contributed by atoms with van der Waals surface area (Å²) in [7, 11) is 0. The van der Waals surface area contributed by atoms with Gasteiger partial charge in [0.2, 0.25) is 0 Å². The van der Waals surface area contributed by atoms with E-state index in [9.17, 15) is 9.59 Å². The quantitative estimate of drug-likeness (QED) is 0.299. The van der Waals surface area contributed by atoms with Gasteiger partial charge < -0.3 is 10.1 Å². The number of carbonyl (C=O) groups excluding carboxylic acids is 2. The molecule has 0 saturated heterocycles. The molecule has 2 aromatic rings. The van der Waals surface area contributed by atoms with Crippen LogP contribution >= 0.6 is 39.1 Å². The minimum atomic E-state index is -0.837. The van der Waals surface area contributed by atoms with Crippen LogP contribution in [-0.4, -0.2) is 30.7 Å². The molecule has 0 aliphatic carbocycles. The number of rotatable bonds is 8. The fraction of sp³-hybridized carbons (Fsp3) is 0.227. The van der Waals surface area contributed by atoms with E-state index in [1.807, 2.05) is 0 Å². The summed E-state index contributed by atoms with van der Waals surface area (Å²) in [4.78, 5) is 25.2. The second-order valence-corrected chi connectivity index (χ2v) is 8.49. The van der Waals surface area contributed by atoms with Gasteiger partial charge in [-0.3, -0.25) is 9.59 Å². The summed E-state index contributed by atoms with van der Waals surface area (Å²) in [5.41, 5.74) is 3.28. The van der Waals surface area contributed by atoms with Crippen molar-refractivity contribution in [2.24, 2.45) is 11.0 Å². The van der Waals surface area contributed by atoms with Crippen LogP contribution in [0.3, 0.4) is 0 Å². The standard InChI is InChI=1S/C22H20BrCl2N3O3/c1-4-9-31-19-8-5-15(23)10-14(19)12-26-28-22(30)20(13(2)3)27-21(29)17-7-6-16(24)11-18(17)25/h1,5-8,10-13,20H,9H2,2-3H3,(H,27,29)(H,28,30). The van der Waals surface area contributed by atoms with Crippen LogP contribution in [0.15, 0.2) is 46.0 Å². The van der Waals surface area contributed by atoms with Crippen LogP contribution in [0.2, 0.25) is 10.0 Å². The van der Waals surface area contributed by atoms with Gasteiger partial charge in [-0.05, 0) is 42.3 Å². The molecule has 2 N–H and O–H groups in total. The van der Waals surface area contributed by atoms with Crippen LogP contribution in [0.1, 0.15) is 29.8 Å².